The highest BCUT2D eigenvalue weighted by Crippen LogP contribution is 2.17. The van der Waals surface area contributed by atoms with Crippen molar-refractivity contribution in [1.82, 2.24) is 5.32 Å². The molecule has 0 radical (unpaired) electrons. The van der Waals surface area contributed by atoms with Crippen molar-refractivity contribution < 1.29 is 4.39 Å². The summed E-state index contributed by atoms with van der Waals surface area (Å²) in [5.41, 5.74) is 0.684. The average Bonchev–Trinajstić information content (AvgIpc) is 2.29. The molecule has 0 fully saturated rings. The van der Waals surface area contributed by atoms with Crippen LogP contribution in [-0.2, 0) is 0 Å². The molecule has 0 heterocycles. The van der Waals surface area contributed by atoms with Gasteiger partial charge in [-0.15, -0.1) is 0 Å². The fraction of sp³-hybridized carbons (Fsp3) is 0.571. The number of halogens is 1. The van der Waals surface area contributed by atoms with Crippen LogP contribution in [0.3, 0.4) is 0 Å². The Morgan fingerprint density at radius 1 is 1.35 bits per heavy atom. The van der Waals surface area contributed by atoms with Crippen LogP contribution in [0, 0.1) is 5.82 Å². The third-order valence-electron chi connectivity index (χ3n) is 2.95. The predicted octanol–water partition coefficient (Wildman–Crippen LogP) is 3.04. The highest BCUT2D eigenvalue weighted by atomic mass is 19.1. The van der Waals surface area contributed by atoms with Gasteiger partial charge in [-0.3, -0.25) is 0 Å². The Morgan fingerprint density at radius 2 is 2.06 bits per heavy atom. The van der Waals surface area contributed by atoms with E-state index in [2.05, 4.69) is 19.2 Å². The second-order valence-corrected chi connectivity index (χ2v) is 4.47. The van der Waals surface area contributed by atoms with Crippen LogP contribution < -0.4 is 10.2 Å². The first kappa shape index (κ1) is 14.0. The van der Waals surface area contributed by atoms with Crippen LogP contribution in [0.5, 0.6) is 0 Å². The van der Waals surface area contributed by atoms with Crippen LogP contribution in [0.25, 0.3) is 0 Å². The van der Waals surface area contributed by atoms with E-state index in [1.165, 1.54) is 6.07 Å². The van der Waals surface area contributed by atoms with E-state index in [4.69, 9.17) is 0 Å². The van der Waals surface area contributed by atoms with Gasteiger partial charge in [0.2, 0.25) is 0 Å². The molecule has 0 spiro atoms. The van der Waals surface area contributed by atoms with Gasteiger partial charge in [-0.25, -0.2) is 4.39 Å². The lowest BCUT2D eigenvalue weighted by atomic mass is 10.1. The highest BCUT2D eigenvalue weighted by Gasteiger charge is 2.06. The third-order valence-corrected chi connectivity index (χ3v) is 2.95. The molecular weight excluding hydrogens is 215 g/mol. The fourth-order valence-electron chi connectivity index (χ4n) is 1.97. The summed E-state index contributed by atoms with van der Waals surface area (Å²) in [6.45, 7) is 6.19. The summed E-state index contributed by atoms with van der Waals surface area (Å²) < 4.78 is 13.5. The molecule has 1 aromatic carbocycles. The molecule has 3 heteroatoms. The van der Waals surface area contributed by atoms with Crippen molar-refractivity contribution in [3.63, 3.8) is 0 Å². The standard InChI is InChI=1S/C14H23FN2/c1-4-16-12(2)8-7-11-17(3)14-10-6-5-9-13(14)15/h5-6,9-10,12,16H,4,7-8,11H2,1-3H3. The molecule has 1 unspecified atom stereocenters. The molecule has 0 aromatic heterocycles. The molecule has 0 amide bonds. The van der Waals surface area contributed by atoms with Crippen LogP contribution in [0.15, 0.2) is 24.3 Å². The number of hydrogen-bond donors (Lipinski definition) is 1. The number of anilines is 1. The molecule has 1 atom stereocenters. The minimum Gasteiger partial charge on any atom is -0.372 e. The van der Waals surface area contributed by atoms with Gasteiger partial charge < -0.3 is 10.2 Å². The summed E-state index contributed by atoms with van der Waals surface area (Å²) in [6.07, 6.45) is 2.19. The fourth-order valence-corrected chi connectivity index (χ4v) is 1.97. The third kappa shape index (κ3) is 4.73. The zero-order chi connectivity index (χ0) is 12.7. The topological polar surface area (TPSA) is 15.3 Å². The Morgan fingerprint density at radius 3 is 2.71 bits per heavy atom. The van der Waals surface area contributed by atoms with E-state index in [0.29, 0.717) is 11.7 Å². The first-order chi connectivity index (χ1) is 8.15. The van der Waals surface area contributed by atoms with Gasteiger partial charge in [-0.2, -0.15) is 0 Å². The van der Waals surface area contributed by atoms with Gasteiger partial charge in [-0.05, 0) is 38.4 Å². The number of nitrogens with zero attached hydrogens (tertiary/aromatic N) is 1. The van der Waals surface area contributed by atoms with Gasteiger partial charge in [0.15, 0.2) is 0 Å². The lowest BCUT2D eigenvalue weighted by molar-refractivity contribution is 0.512. The molecule has 96 valence electrons. The lowest BCUT2D eigenvalue weighted by Crippen LogP contribution is -2.27. The number of nitrogens with one attached hydrogen (secondary N) is 1. The van der Waals surface area contributed by atoms with Crippen molar-refractivity contribution in [2.24, 2.45) is 0 Å². The first-order valence-electron chi connectivity index (χ1n) is 6.34. The van der Waals surface area contributed by atoms with Crippen LogP contribution in [0.2, 0.25) is 0 Å². The van der Waals surface area contributed by atoms with Crippen molar-refractivity contribution in [3.05, 3.63) is 30.1 Å². The number of para-hydroxylation sites is 1. The van der Waals surface area contributed by atoms with E-state index in [1.807, 2.05) is 24.1 Å². The van der Waals surface area contributed by atoms with Crippen LogP contribution >= 0.6 is 0 Å². The Balaban J connectivity index is 2.35. The van der Waals surface area contributed by atoms with Gasteiger partial charge in [0.25, 0.3) is 0 Å². The summed E-state index contributed by atoms with van der Waals surface area (Å²) in [4.78, 5) is 1.98. The van der Waals surface area contributed by atoms with Gasteiger partial charge in [0.1, 0.15) is 5.82 Å². The van der Waals surface area contributed by atoms with Gasteiger partial charge in [-0.1, -0.05) is 19.1 Å². The van der Waals surface area contributed by atoms with Crippen LogP contribution in [0.4, 0.5) is 10.1 Å². The lowest BCUT2D eigenvalue weighted by Gasteiger charge is -2.21. The first-order valence-corrected chi connectivity index (χ1v) is 6.34. The van der Waals surface area contributed by atoms with E-state index in [1.54, 1.807) is 6.07 Å². The summed E-state index contributed by atoms with van der Waals surface area (Å²) >= 11 is 0. The SMILES string of the molecule is CCNC(C)CCCN(C)c1ccccc1F. The van der Waals surface area contributed by atoms with E-state index in [9.17, 15) is 4.39 Å². The zero-order valence-corrected chi connectivity index (χ0v) is 11.0. The predicted molar refractivity (Wildman–Crippen MR) is 72.0 cm³/mol. The largest absolute Gasteiger partial charge is 0.372 e. The molecule has 0 aliphatic heterocycles. The Hall–Kier alpha value is -1.09. The molecule has 1 N–H and O–H groups in total. The minimum atomic E-state index is -0.144. The Bertz CT molecular complexity index is 328. The summed E-state index contributed by atoms with van der Waals surface area (Å²) in [5, 5.41) is 3.38. The molecule has 0 aliphatic rings. The molecule has 17 heavy (non-hydrogen) atoms. The monoisotopic (exact) mass is 238 g/mol. The maximum absolute atomic E-state index is 13.5. The molecule has 2 nitrogen and oxygen atoms in total. The summed E-state index contributed by atoms with van der Waals surface area (Å²) in [6, 6.07) is 7.46. The number of rotatable bonds is 7. The maximum atomic E-state index is 13.5. The van der Waals surface area contributed by atoms with Crippen molar-refractivity contribution in [2.45, 2.75) is 32.7 Å². The number of hydrogen-bond acceptors (Lipinski definition) is 2. The van der Waals surface area contributed by atoms with E-state index < -0.39 is 0 Å². The molecule has 1 aromatic rings. The van der Waals surface area contributed by atoms with Gasteiger partial charge in [0, 0.05) is 19.6 Å². The van der Waals surface area contributed by atoms with Crippen molar-refractivity contribution in [1.29, 1.82) is 0 Å². The van der Waals surface area contributed by atoms with E-state index in [-0.39, 0.29) is 5.82 Å². The Kier molecular flexibility index (Phi) is 5.98. The van der Waals surface area contributed by atoms with Crippen molar-refractivity contribution in [2.75, 3.05) is 25.0 Å². The second-order valence-electron chi connectivity index (χ2n) is 4.47. The minimum absolute atomic E-state index is 0.144. The molecule has 0 aliphatic carbocycles. The molecule has 1 rings (SSSR count). The second kappa shape index (κ2) is 7.28. The zero-order valence-electron chi connectivity index (χ0n) is 11.0. The molecular formula is C14H23FN2. The van der Waals surface area contributed by atoms with Gasteiger partial charge >= 0.3 is 0 Å². The van der Waals surface area contributed by atoms with E-state index >= 15 is 0 Å². The van der Waals surface area contributed by atoms with Crippen molar-refractivity contribution in [3.8, 4) is 0 Å². The average molecular weight is 238 g/mol. The molecule has 0 bridgehead atoms. The van der Waals surface area contributed by atoms with Crippen molar-refractivity contribution >= 4 is 5.69 Å². The van der Waals surface area contributed by atoms with Crippen LogP contribution in [-0.4, -0.2) is 26.2 Å². The summed E-state index contributed by atoms with van der Waals surface area (Å²) in [7, 11) is 1.94. The van der Waals surface area contributed by atoms with Gasteiger partial charge in [0.05, 0.1) is 5.69 Å². The maximum Gasteiger partial charge on any atom is 0.146 e. The summed E-state index contributed by atoms with van der Waals surface area (Å²) in [5.74, 6) is -0.144. The molecule has 0 saturated heterocycles. The van der Waals surface area contributed by atoms with E-state index in [0.717, 1.165) is 25.9 Å². The molecule has 0 saturated carbocycles. The highest BCUT2D eigenvalue weighted by molar-refractivity contribution is 5.46. The quantitative estimate of drug-likeness (QED) is 0.785. The number of benzene rings is 1. The Labute approximate surface area is 104 Å². The normalized spacial score (nSPS) is 12.5. The smallest absolute Gasteiger partial charge is 0.146 e. The van der Waals surface area contributed by atoms with Crippen LogP contribution in [0.1, 0.15) is 26.7 Å².